The van der Waals surface area contributed by atoms with Gasteiger partial charge in [0, 0.05) is 0 Å². The standard InChI is InChI=1S/C38H27N3Se/c1-37(2)27-13-8-9-16-32(27)41-35-28(37)14-10-15-29(35)38(3,4)30-20-33(42-36(30)41)22-17-18-24-23-11-6-7-12-25(23)34(26(24)19-22)31(21-39)40-5/h6-20H,1-4H3/b34-31-. The summed E-state index contributed by atoms with van der Waals surface area (Å²) in [5, 5.41) is 9.86. The van der Waals surface area contributed by atoms with Gasteiger partial charge in [0.1, 0.15) is 0 Å². The maximum atomic E-state index is 9.86. The molecule has 1 aromatic heterocycles. The van der Waals surface area contributed by atoms with Crippen molar-refractivity contribution in [1.29, 1.82) is 5.26 Å². The van der Waals surface area contributed by atoms with Crippen LogP contribution in [0.5, 0.6) is 0 Å². The molecule has 42 heavy (non-hydrogen) atoms. The van der Waals surface area contributed by atoms with E-state index < -0.39 is 0 Å². The zero-order valence-corrected chi connectivity index (χ0v) is 25.6. The number of nitriles is 1. The zero-order valence-electron chi connectivity index (χ0n) is 23.9. The van der Waals surface area contributed by atoms with Gasteiger partial charge in [-0.05, 0) is 0 Å². The van der Waals surface area contributed by atoms with Crippen LogP contribution in [0.25, 0.3) is 31.5 Å². The van der Waals surface area contributed by atoms with Gasteiger partial charge in [-0.25, -0.2) is 0 Å². The summed E-state index contributed by atoms with van der Waals surface area (Å²) in [7, 11) is 0. The predicted molar refractivity (Wildman–Crippen MR) is 171 cm³/mol. The van der Waals surface area contributed by atoms with Crippen molar-refractivity contribution in [2.24, 2.45) is 0 Å². The molecular formula is C38H27N3Se. The van der Waals surface area contributed by atoms with Gasteiger partial charge in [0.05, 0.1) is 0 Å². The molecule has 0 atom stereocenters. The second-order valence-corrected chi connectivity index (χ2v) is 14.5. The molecule has 200 valence electrons. The number of anilines is 3. The Balaban J connectivity index is 1.36. The Morgan fingerprint density at radius 1 is 0.738 bits per heavy atom. The molecule has 4 heteroatoms. The number of hydrogen-bond donors (Lipinski definition) is 0. The van der Waals surface area contributed by atoms with Gasteiger partial charge in [0.25, 0.3) is 0 Å². The molecule has 2 aliphatic heterocycles. The first kappa shape index (κ1) is 25.1. The third-order valence-corrected chi connectivity index (χ3v) is 12.0. The second kappa shape index (κ2) is 8.47. The molecule has 0 unspecified atom stereocenters. The van der Waals surface area contributed by atoms with Gasteiger partial charge >= 0.3 is 253 Å². The van der Waals surface area contributed by atoms with E-state index in [-0.39, 0.29) is 31.0 Å². The summed E-state index contributed by atoms with van der Waals surface area (Å²) in [5.41, 5.74) is 14.1. The number of fused-ring (bicyclic) bond motifs is 7. The van der Waals surface area contributed by atoms with Gasteiger partial charge in [0.2, 0.25) is 0 Å². The topological polar surface area (TPSA) is 31.4 Å². The van der Waals surface area contributed by atoms with E-state index in [0.29, 0.717) is 0 Å². The molecule has 5 aromatic rings. The third-order valence-electron chi connectivity index (χ3n) is 9.53. The Hall–Kier alpha value is -4.60. The first-order chi connectivity index (χ1) is 20.3. The number of allylic oxidation sites excluding steroid dienone is 1. The molecule has 0 bridgehead atoms. The second-order valence-electron chi connectivity index (χ2n) is 12.4. The van der Waals surface area contributed by atoms with E-state index in [0.717, 1.165) is 27.8 Å². The molecule has 0 saturated heterocycles. The molecule has 3 heterocycles. The molecule has 0 N–H and O–H groups in total. The normalized spacial score (nSPS) is 17.1. The van der Waals surface area contributed by atoms with Crippen LogP contribution < -0.4 is 4.90 Å². The summed E-state index contributed by atoms with van der Waals surface area (Å²) in [6.45, 7) is 17.2. The number of nitrogens with zero attached hydrogens (tertiary/aromatic N) is 3. The van der Waals surface area contributed by atoms with E-state index in [1.165, 1.54) is 48.2 Å². The van der Waals surface area contributed by atoms with Gasteiger partial charge < -0.3 is 0 Å². The monoisotopic (exact) mass is 605 g/mol. The van der Waals surface area contributed by atoms with Crippen molar-refractivity contribution in [3.8, 4) is 27.2 Å². The molecule has 4 aromatic carbocycles. The fourth-order valence-electron chi connectivity index (χ4n) is 7.36. The quantitative estimate of drug-likeness (QED) is 0.106. The summed E-state index contributed by atoms with van der Waals surface area (Å²) in [6.07, 6.45) is 0. The molecule has 1 aliphatic carbocycles. The fourth-order valence-corrected chi connectivity index (χ4v) is 10.2. The Morgan fingerprint density at radius 2 is 1.38 bits per heavy atom. The summed E-state index contributed by atoms with van der Waals surface area (Å²) >= 11 is 0.0629. The van der Waals surface area contributed by atoms with Gasteiger partial charge in [0.15, 0.2) is 0 Å². The molecule has 0 radical (unpaired) electrons. The van der Waals surface area contributed by atoms with Crippen molar-refractivity contribution in [2.75, 3.05) is 4.90 Å². The van der Waals surface area contributed by atoms with Crippen LogP contribution in [0.2, 0.25) is 0 Å². The van der Waals surface area contributed by atoms with Crippen molar-refractivity contribution >= 4 is 36.0 Å². The zero-order chi connectivity index (χ0) is 29.0. The van der Waals surface area contributed by atoms with Crippen LogP contribution in [0.3, 0.4) is 0 Å². The SMILES string of the molecule is [C-]#[N+]/C(C#N)=C1/c2ccccc2-c2ccc(-c3cc4c([se]3)N3c5ccccc5C(C)(C)c5cccc(c53)C4(C)C)cc21. The summed E-state index contributed by atoms with van der Waals surface area (Å²) in [6, 6.07) is 35.1. The molecule has 0 spiro atoms. The molecule has 3 nitrogen and oxygen atoms in total. The Morgan fingerprint density at radius 3 is 2.12 bits per heavy atom. The van der Waals surface area contributed by atoms with E-state index in [4.69, 9.17) is 6.57 Å². The maximum absolute atomic E-state index is 9.86. The molecular weight excluding hydrogens is 577 g/mol. The molecule has 0 amide bonds. The van der Waals surface area contributed by atoms with E-state index >= 15 is 0 Å². The minimum atomic E-state index is -0.140. The van der Waals surface area contributed by atoms with Crippen molar-refractivity contribution < 1.29 is 0 Å². The van der Waals surface area contributed by atoms with E-state index in [9.17, 15) is 5.26 Å². The Labute approximate surface area is 252 Å². The summed E-state index contributed by atoms with van der Waals surface area (Å²) in [4.78, 5) is 6.19. The van der Waals surface area contributed by atoms with Gasteiger partial charge in [-0.2, -0.15) is 0 Å². The van der Waals surface area contributed by atoms with Crippen molar-refractivity contribution in [1.82, 2.24) is 0 Å². The average molecular weight is 605 g/mol. The first-order valence-corrected chi connectivity index (χ1v) is 15.9. The number of benzene rings is 4. The number of hydrogen-bond acceptors (Lipinski definition) is 2. The summed E-state index contributed by atoms with van der Waals surface area (Å²) < 4.78 is 2.74. The Kier molecular flexibility index (Phi) is 5.07. The predicted octanol–water partition coefficient (Wildman–Crippen LogP) is 9.34. The van der Waals surface area contributed by atoms with Gasteiger partial charge in [-0.1, -0.05) is 0 Å². The van der Waals surface area contributed by atoms with Crippen LogP contribution in [0, 0.1) is 17.9 Å². The fraction of sp³-hybridized carbons (Fsp3) is 0.158. The van der Waals surface area contributed by atoms with E-state index in [1.54, 1.807) is 0 Å². The van der Waals surface area contributed by atoms with Crippen molar-refractivity contribution in [3.05, 3.63) is 141 Å². The van der Waals surface area contributed by atoms with Crippen LogP contribution in [0.15, 0.2) is 96.7 Å². The van der Waals surface area contributed by atoms with Gasteiger partial charge in [-0.15, -0.1) is 0 Å². The minimum absolute atomic E-state index is 0.0629. The number of para-hydroxylation sites is 2. The molecule has 0 fully saturated rings. The van der Waals surface area contributed by atoms with Crippen LogP contribution >= 0.6 is 0 Å². The van der Waals surface area contributed by atoms with E-state index in [1.807, 2.05) is 18.2 Å². The van der Waals surface area contributed by atoms with E-state index in [2.05, 4.69) is 116 Å². The molecule has 8 rings (SSSR count). The molecule has 3 aliphatic rings. The van der Waals surface area contributed by atoms with Crippen molar-refractivity contribution in [2.45, 2.75) is 38.5 Å². The van der Waals surface area contributed by atoms with Crippen molar-refractivity contribution in [3.63, 3.8) is 0 Å². The number of rotatable bonds is 1. The first-order valence-electron chi connectivity index (χ1n) is 14.2. The third kappa shape index (κ3) is 3.09. The van der Waals surface area contributed by atoms with Crippen LogP contribution in [-0.4, -0.2) is 14.5 Å². The van der Waals surface area contributed by atoms with Crippen LogP contribution in [0.4, 0.5) is 15.9 Å². The van der Waals surface area contributed by atoms with Crippen LogP contribution in [0.1, 0.15) is 61.1 Å². The average Bonchev–Trinajstić information content (AvgIpc) is 3.59. The summed E-state index contributed by atoms with van der Waals surface area (Å²) in [5.74, 6) is 0. The molecule has 0 saturated carbocycles. The Bertz CT molecular complexity index is 2110. The van der Waals surface area contributed by atoms with Gasteiger partial charge in [-0.3, -0.25) is 0 Å². The van der Waals surface area contributed by atoms with Crippen LogP contribution in [-0.2, 0) is 10.8 Å².